The van der Waals surface area contributed by atoms with Crippen molar-refractivity contribution in [3.63, 3.8) is 0 Å². The monoisotopic (exact) mass is 277 g/mol. The van der Waals surface area contributed by atoms with Crippen LogP contribution in [0.2, 0.25) is 0 Å². The van der Waals surface area contributed by atoms with E-state index in [2.05, 4.69) is 4.99 Å². The van der Waals surface area contributed by atoms with Gasteiger partial charge in [-0.05, 0) is 25.5 Å². The highest BCUT2D eigenvalue weighted by atomic mass is 16.5. The average Bonchev–Trinajstić information content (AvgIpc) is 2.83. The molecular weight excluding hydrogens is 262 g/mol. The second kappa shape index (κ2) is 5.37. The van der Waals surface area contributed by atoms with Crippen LogP contribution in [0.4, 0.5) is 5.69 Å². The van der Waals surface area contributed by atoms with Crippen molar-refractivity contribution < 1.29 is 9.53 Å². The van der Waals surface area contributed by atoms with E-state index < -0.39 is 0 Å². The predicted molar refractivity (Wildman–Crippen MR) is 83.5 cm³/mol. The summed E-state index contributed by atoms with van der Waals surface area (Å²) in [4.78, 5) is 16.3. The summed E-state index contributed by atoms with van der Waals surface area (Å²) in [5.74, 6) is 0.473. The van der Waals surface area contributed by atoms with Crippen molar-refractivity contribution in [2.24, 2.45) is 4.99 Å². The van der Waals surface area contributed by atoms with E-state index in [1.807, 2.05) is 62.4 Å². The number of nitrogens with zero attached hydrogens (tertiary/aromatic N) is 1. The first-order valence-corrected chi connectivity index (χ1v) is 6.79. The van der Waals surface area contributed by atoms with E-state index in [9.17, 15) is 4.79 Å². The Morgan fingerprint density at radius 1 is 0.952 bits per heavy atom. The molecule has 3 rings (SSSR count). The fourth-order valence-electron chi connectivity index (χ4n) is 2.10. The minimum atomic E-state index is -0.200. The molecule has 0 N–H and O–H groups in total. The van der Waals surface area contributed by atoms with Gasteiger partial charge in [-0.2, -0.15) is 0 Å². The van der Waals surface area contributed by atoms with Crippen molar-refractivity contribution in [2.45, 2.75) is 13.8 Å². The molecule has 1 aliphatic heterocycles. The second-order valence-corrected chi connectivity index (χ2v) is 5.04. The molecule has 0 saturated carbocycles. The lowest BCUT2D eigenvalue weighted by Gasteiger charge is -2.05. The number of carbonyl (C=O) groups excluding carboxylic acids is 1. The molecule has 0 bridgehead atoms. The van der Waals surface area contributed by atoms with E-state index in [0.29, 0.717) is 5.76 Å². The van der Waals surface area contributed by atoms with Gasteiger partial charge >= 0.3 is 0 Å². The van der Waals surface area contributed by atoms with Crippen LogP contribution in [0, 0.1) is 13.8 Å². The van der Waals surface area contributed by atoms with Crippen LogP contribution >= 0.6 is 0 Å². The van der Waals surface area contributed by atoms with Crippen molar-refractivity contribution in [3.8, 4) is 0 Å². The number of aliphatic imine (C=N–C) groups is 1. The Labute approximate surface area is 123 Å². The number of para-hydroxylation sites is 1. The van der Waals surface area contributed by atoms with Crippen molar-refractivity contribution in [1.82, 2.24) is 0 Å². The summed E-state index contributed by atoms with van der Waals surface area (Å²) < 4.78 is 5.62. The molecule has 0 saturated heterocycles. The maximum atomic E-state index is 12.0. The fraction of sp³-hybridized carbons (Fsp3) is 0.111. The quantitative estimate of drug-likeness (QED) is 0.833. The molecular formula is C18H15NO2. The van der Waals surface area contributed by atoms with Crippen LogP contribution in [0.3, 0.4) is 0 Å². The third-order valence-corrected chi connectivity index (χ3v) is 3.35. The summed E-state index contributed by atoms with van der Waals surface area (Å²) in [6.45, 7) is 3.97. The van der Waals surface area contributed by atoms with Gasteiger partial charge in [0.15, 0.2) is 0 Å². The lowest BCUT2D eigenvalue weighted by atomic mass is 10.1. The third kappa shape index (κ3) is 2.77. The number of hydrogen-bond donors (Lipinski definition) is 0. The SMILES string of the molecule is Cc1ccc(C2=CC(=O)C(=Nc3ccccc3C)O2)cc1. The maximum absolute atomic E-state index is 12.0. The van der Waals surface area contributed by atoms with Crippen LogP contribution in [0.25, 0.3) is 5.76 Å². The first kappa shape index (κ1) is 13.3. The molecule has 2 aromatic rings. The molecule has 0 atom stereocenters. The smallest absolute Gasteiger partial charge is 0.268 e. The summed E-state index contributed by atoms with van der Waals surface area (Å²) in [6, 6.07) is 15.5. The van der Waals surface area contributed by atoms with Crippen LogP contribution in [0.15, 0.2) is 59.6 Å². The van der Waals surface area contributed by atoms with Gasteiger partial charge in [-0.1, -0.05) is 48.0 Å². The second-order valence-electron chi connectivity index (χ2n) is 5.04. The fourth-order valence-corrected chi connectivity index (χ4v) is 2.10. The van der Waals surface area contributed by atoms with E-state index in [0.717, 1.165) is 22.4 Å². The topological polar surface area (TPSA) is 38.7 Å². The lowest BCUT2D eigenvalue weighted by Crippen LogP contribution is -2.06. The molecule has 2 aromatic carbocycles. The number of ether oxygens (including phenoxy) is 1. The number of benzene rings is 2. The van der Waals surface area contributed by atoms with Gasteiger partial charge in [0.05, 0.1) is 5.69 Å². The van der Waals surface area contributed by atoms with Gasteiger partial charge in [-0.3, -0.25) is 4.79 Å². The van der Waals surface area contributed by atoms with Crippen molar-refractivity contribution >= 4 is 23.1 Å². The van der Waals surface area contributed by atoms with Gasteiger partial charge in [0.25, 0.3) is 5.90 Å². The molecule has 104 valence electrons. The molecule has 21 heavy (non-hydrogen) atoms. The van der Waals surface area contributed by atoms with E-state index >= 15 is 0 Å². The van der Waals surface area contributed by atoms with E-state index in [1.165, 1.54) is 6.08 Å². The van der Waals surface area contributed by atoms with Crippen LogP contribution in [0.1, 0.15) is 16.7 Å². The number of carbonyl (C=O) groups is 1. The van der Waals surface area contributed by atoms with E-state index in [-0.39, 0.29) is 11.7 Å². The Kier molecular flexibility index (Phi) is 3.40. The third-order valence-electron chi connectivity index (χ3n) is 3.35. The van der Waals surface area contributed by atoms with Crippen LogP contribution in [-0.2, 0) is 9.53 Å². The van der Waals surface area contributed by atoms with Crippen LogP contribution < -0.4 is 0 Å². The van der Waals surface area contributed by atoms with Crippen molar-refractivity contribution in [3.05, 3.63) is 71.3 Å². The van der Waals surface area contributed by atoms with E-state index in [4.69, 9.17) is 4.74 Å². The molecule has 0 spiro atoms. The molecule has 0 fully saturated rings. The number of hydrogen-bond acceptors (Lipinski definition) is 3. The molecule has 1 aliphatic rings. The van der Waals surface area contributed by atoms with Gasteiger partial charge in [0.2, 0.25) is 5.78 Å². The highest BCUT2D eigenvalue weighted by molar-refractivity contribution is 6.45. The van der Waals surface area contributed by atoms with Gasteiger partial charge in [-0.15, -0.1) is 0 Å². The van der Waals surface area contributed by atoms with Gasteiger partial charge in [0.1, 0.15) is 5.76 Å². The number of rotatable bonds is 2. The van der Waals surface area contributed by atoms with Crippen LogP contribution in [-0.4, -0.2) is 11.7 Å². The zero-order valence-electron chi connectivity index (χ0n) is 12.0. The summed E-state index contributed by atoms with van der Waals surface area (Å²) in [7, 11) is 0. The lowest BCUT2D eigenvalue weighted by molar-refractivity contribution is -0.109. The zero-order chi connectivity index (χ0) is 14.8. The molecule has 0 amide bonds. The van der Waals surface area contributed by atoms with Gasteiger partial charge in [-0.25, -0.2) is 4.99 Å². The Balaban J connectivity index is 1.88. The molecule has 3 heteroatoms. The molecule has 1 heterocycles. The first-order chi connectivity index (χ1) is 10.1. The Bertz CT molecular complexity index is 755. The summed E-state index contributed by atoms with van der Waals surface area (Å²) in [6.07, 6.45) is 1.49. The van der Waals surface area contributed by atoms with Gasteiger partial charge in [0, 0.05) is 11.6 Å². The Morgan fingerprint density at radius 3 is 2.38 bits per heavy atom. The van der Waals surface area contributed by atoms with Crippen LogP contribution in [0.5, 0.6) is 0 Å². The van der Waals surface area contributed by atoms with E-state index in [1.54, 1.807) is 0 Å². The van der Waals surface area contributed by atoms with Gasteiger partial charge < -0.3 is 4.74 Å². The summed E-state index contributed by atoms with van der Waals surface area (Å²) >= 11 is 0. The highest BCUT2D eigenvalue weighted by Gasteiger charge is 2.23. The molecule has 0 aromatic heterocycles. The minimum Gasteiger partial charge on any atom is -0.435 e. The summed E-state index contributed by atoms with van der Waals surface area (Å²) in [5, 5.41) is 0. The average molecular weight is 277 g/mol. The summed E-state index contributed by atoms with van der Waals surface area (Å²) in [5.41, 5.74) is 3.80. The highest BCUT2D eigenvalue weighted by Crippen LogP contribution is 2.25. The normalized spacial score (nSPS) is 16.0. The standard InChI is InChI=1S/C18H15NO2/c1-12-7-9-14(10-8-12)17-11-16(20)18(21-17)19-15-6-4-3-5-13(15)2/h3-11H,1-2H3. The first-order valence-electron chi connectivity index (χ1n) is 6.79. The van der Waals surface area contributed by atoms with Crippen molar-refractivity contribution in [1.29, 1.82) is 0 Å². The Morgan fingerprint density at radius 2 is 1.67 bits per heavy atom. The molecule has 3 nitrogen and oxygen atoms in total. The molecule has 0 aliphatic carbocycles. The molecule has 0 radical (unpaired) electrons. The minimum absolute atomic E-state index is 0.125. The largest absolute Gasteiger partial charge is 0.435 e. The molecule has 0 unspecified atom stereocenters. The zero-order valence-corrected chi connectivity index (χ0v) is 12.0. The van der Waals surface area contributed by atoms with Crippen molar-refractivity contribution in [2.75, 3.05) is 0 Å². The predicted octanol–water partition coefficient (Wildman–Crippen LogP) is 3.97. The Hall–Kier alpha value is -2.68. The maximum Gasteiger partial charge on any atom is 0.268 e. The number of ketones is 1. The number of aryl methyl sites for hydroxylation is 2.